The van der Waals surface area contributed by atoms with Crippen LogP contribution in [0.1, 0.15) is 37.9 Å². The summed E-state index contributed by atoms with van der Waals surface area (Å²) < 4.78 is 10.7. The predicted octanol–water partition coefficient (Wildman–Crippen LogP) is 3.01. The molecule has 2 aliphatic rings. The first kappa shape index (κ1) is 30.5. The Labute approximate surface area is 245 Å². The Balaban J connectivity index is 1.69. The van der Waals surface area contributed by atoms with Gasteiger partial charge in [0.2, 0.25) is 0 Å². The molecule has 3 heterocycles. The molecule has 222 valence electrons. The largest absolute Gasteiger partial charge is 0.491 e. The van der Waals surface area contributed by atoms with Crippen molar-refractivity contribution in [2.75, 3.05) is 58.4 Å². The number of anilines is 1. The predicted molar refractivity (Wildman–Crippen MR) is 158 cm³/mol. The SMILES string of the molecule is CNC[C@H](O)COc1ccc(Cl)c(-c2nc(C(C(C)=O)=C(C)N)c(C)c(N3CC4(CCN(C(=O)OC)CC4)C3)n2)c1. The van der Waals surface area contributed by atoms with E-state index in [0.29, 0.717) is 64.6 Å². The van der Waals surface area contributed by atoms with Gasteiger partial charge in [0.1, 0.15) is 24.3 Å². The summed E-state index contributed by atoms with van der Waals surface area (Å²) in [4.78, 5) is 38.3. The summed E-state index contributed by atoms with van der Waals surface area (Å²) in [5, 5.41) is 13.4. The number of piperidine rings is 1. The van der Waals surface area contributed by atoms with Crippen LogP contribution in [0.15, 0.2) is 23.9 Å². The van der Waals surface area contributed by atoms with E-state index in [9.17, 15) is 14.7 Å². The van der Waals surface area contributed by atoms with E-state index in [-0.39, 0.29) is 23.9 Å². The standard InChI is InChI=1S/C29H39ClN6O5/c1-17-25(24(18(2)31)19(3)37)33-26(22-12-21(6-7-23(22)30)41-14-20(38)13-32-4)34-27(17)36-15-29(16-36)8-10-35(11-9-29)28(39)40-5/h6-7,12,20,32,38H,8-11,13-16,31H2,1-5H3/t20-/m0/s1. The fourth-order valence-electron chi connectivity index (χ4n) is 5.58. The maximum atomic E-state index is 12.7. The number of methoxy groups -OCH3 is 1. The number of nitrogens with one attached hydrogen (secondary N) is 1. The third kappa shape index (κ3) is 6.58. The first-order valence-corrected chi connectivity index (χ1v) is 14.1. The summed E-state index contributed by atoms with van der Waals surface area (Å²) >= 11 is 6.63. The topological polar surface area (TPSA) is 143 Å². The molecule has 41 heavy (non-hydrogen) atoms. The molecule has 1 spiro atoms. The molecule has 2 aromatic rings. The van der Waals surface area contributed by atoms with E-state index >= 15 is 0 Å². The number of likely N-dealkylation sites (N-methyl/N-ethyl adjacent to an activating group) is 1. The van der Waals surface area contributed by atoms with Crippen molar-refractivity contribution in [3.8, 4) is 17.1 Å². The zero-order valence-corrected chi connectivity index (χ0v) is 25.0. The summed E-state index contributed by atoms with van der Waals surface area (Å²) in [7, 11) is 3.16. The van der Waals surface area contributed by atoms with E-state index in [2.05, 4.69) is 10.2 Å². The Hall–Kier alpha value is -3.41. The average molecular weight is 587 g/mol. The molecule has 4 rings (SSSR count). The number of aliphatic hydroxyl groups excluding tert-OH is 1. The van der Waals surface area contributed by atoms with Gasteiger partial charge in [0.05, 0.1) is 23.4 Å². The highest BCUT2D eigenvalue weighted by Crippen LogP contribution is 2.44. The molecule has 0 saturated carbocycles. The first-order chi connectivity index (χ1) is 19.5. The normalized spacial score (nSPS) is 17.5. The number of hydrogen-bond acceptors (Lipinski definition) is 10. The van der Waals surface area contributed by atoms with Gasteiger partial charge in [-0.15, -0.1) is 0 Å². The molecule has 11 nitrogen and oxygen atoms in total. The zero-order valence-electron chi connectivity index (χ0n) is 24.3. The highest BCUT2D eigenvalue weighted by Gasteiger charge is 2.47. The molecule has 4 N–H and O–H groups in total. The first-order valence-electron chi connectivity index (χ1n) is 13.7. The van der Waals surface area contributed by atoms with Crippen LogP contribution >= 0.6 is 11.6 Å². The fraction of sp³-hybridized carbons (Fsp3) is 0.517. The van der Waals surface area contributed by atoms with Crippen LogP contribution in [0.2, 0.25) is 5.02 Å². The van der Waals surface area contributed by atoms with E-state index in [1.165, 1.54) is 14.0 Å². The number of allylic oxidation sites excluding steroid dienone is 2. The van der Waals surface area contributed by atoms with Gasteiger partial charge in [-0.2, -0.15) is 0 Å². The lowest BCUT2D eigenvalue weighted by Crippen LogP contribution is -2.61. The summed E-state index contributed by atoms with van der Waals surface area (Å²) in [6, 6.07) is 5.15. The van der Waals surface area contributed by atoms with Crippen LogP contribution in [-0.2, 0) is 9.53 Å². The quantitative estimate of drug-likeness (QED) is 0.375. The molecular weight excluding hydrogens is 548 g/mol. The molecule has 12 heteroatoms. The van der Waals surface area contributed by atoms with Crippen LogP contribution in [0.5, 0.6) is 5.75 Å². The number of benzene rings is 1. The monoisotopic (exact) mass is 586 g/mol. The summed E-state index contributed by atoms with van der Waals surface area (Å²) in [5.41, 5.74) is 8.71. The number of aromatic nitrogens is 2. The minimum atomic E-state index is -0.679. The smallest absolute Gasteiger partial charge is 0.409 e. The number of rotatable bonds is 9. The number of nitrogens with zero attached hydrogens (tertiary/aromatic N) is 4. The van der Waals surface area contributed by atoms with Crippen LogP contribution in [0, 0.1) is 12.3 Å². The van der Waals surface area contributed by atoms with Gasteiger partial charge < -0.3 is 35.4 Å². The molecule has 0 radical (unpaired) electrons. The van der Waals surface area contributed by atoms with Gasteiger partial charge in [-0.05, 0) is 58.9 Å². The molecule has 2 fully saturated rings. The van der Waals surface area contributed by atoms with Gasteiger partial charge in [0.25, 0.3) is 0 Å². The van der Waals surface area contributed by atoms with Crippen LogP contribution in [-0.4, -0.2) is 91.4 Å². The van der Waals surface area contributed by atoms with E-state index in [0.717, 1.165) is 31.5 Å². The molecule has 1 aromatic heterocycles. The lowest BCUT2D eigenvalue weighted by molar-refractivity contribution is -0.111. The molecule has 0 bridgehead atoms. The van der Waals surface area contributed by atoms with Crippen molar-refractivity contribution in [1.82, 2.24) is 20.2 Å². The summed E-state index contributed by atoms with van der Waals surface area (Å²) in [6.45, 7) is 8.37. The van der Waals surface area contributed by atoms with Crippen molar-refractivity contribution in [3.05, 3.63) is 40.2 Å². The number of Topliss-reactive ketones (excluding diaryl/α,β-unsaturated/α-hetero) is 1. The third-order valence-corrected chi connectivity index (χ3v) is 8.10. The molecule has 0 aliphatic carbocycles. The maximum absolute atomic E-state index is 12.7. The van der Waals surface area contributed by atoms with E-state index in [1.54, 1.807) is 37.1 Å². The number of halogens is 1. The van der Waals surface area contributed by atoms with Gasteiger partial charge in [-0.1, -0.05) is 11.6 Å². The number of hydrogen-bond donors (Lipinski definition) is 3. The van der Waals surface area contributed by atoms with Crippen molar-refractivity contribution < 1.29 is 24.2 Å². The minimum absolute atomic E-state index is 0.0743. The number of aliphatic hydroxyl groups is 1. The maximum Gasteiger partial charge on any atom is 0.409 e. The number of likely N-dealkylation sites (tertiary alicyclic amines) is 1. The van der Waals surface area contributed by atoms with E-state index in [4.69, 9.17) is 36.8 Å². The number of amides is 1. The van der Waals surface area contributed by atoms with E-state index < -0.39 is 6.10 Å². The lowest BCUT2D eigenvalue weighted by Gasteiger charge is -2.54. The number of ketones is 1. The van der Waals surface area contributed by atoms with Crippen molar-refractivity contribution in [2.45, 2.75) is 39.7 Å². The number of nitrogens with two attached hydrogens (primary N) is 1. The van der Waals surface area contributed by atoms with Crippen LogP contribution < -0.4 is 20.7 Å². The lowest BCUT2D eigenvalue weighted by atomic mass is 9.72. The molecule has 1 aromatic carbocycles. The van der Waals surface area contributed by atoms with Crippen LogP contribution in [0.4, 0.5) is 10.6 Å². The number of carbonyl (C=O) groups excluding carboxylic acids is 2. The summed E-state index contributed by atoms with van der Waals surface area (Å²) in [5.74, 6) is 1.36. The average Bonchev–Trinajstić information content (AvgIpc) is 2.92. The van der Waals surface area contributed by atoms with Crippen molar-refractivity contribution in [3.63, 3.8) is 0 Å². The second-order valence-corrected chi connectivity index (χ2v) is 11.3. The minimum Gasteiger partial charge on any atom is -0.491 e. The second kappa shape index (κ2) is 12.6. The Morgan fingerprint density at radius 2 is 1.90 bits per heavy atom. The van der Waals surface area contributed by atoms with Gasteiger partial charge in [-0.25, -0.2) is 14.8 Å². The van der Waals surface area contributed by atoms with Crippen LogP contribution in [0.25, 0.3) is 17.0 Å². The van der Waals surface area contributed by atoms with Crippen molar-refractivity contribution >= 4 is 34.9 Å². The summed E-state index contributed by atoms with van der Waals surface area (Å²) in [6.07, 6.45) is 0.764. The molecule has 1 amide bonds. The molecular formula is C29H39ClN6O5. The highest BCUT2D eigenvalue weighted by molar-refractivity contribution is 6.33. The highest BCUT2D eigenvalue weighted by atomic mass is 35.5. The van der Waals surface area contributed by atoms with Gasteiger partial charge in [-0.3, -0.25) is 4.79 Å². The third-order valence-electron chi connectivity index (χ3n) is 7.77. The molecule has 1 atom stereocenters. The Bertz CT molecular complexity index is 1330. The van der Waals surface area contributed by atoms with Gasteiger partial charge in [0.15, 0.2) is 11.6 Å². The van der Waals surface area contributed by atoms with Gasteiger partial charge in [0, 0.05) is 55.0 Å². The van der Waals surface area contributed by atoms with E-state index in [1.807, 2.05) is 6.92 Å². The molecule has 2 saturated heterocycles. The second-order valence-electron chi connectivity index (χ2n) is 10.9. The molecule has 2 aliphatic heterocycles. The number of carbonyl (C=O) groups is 2. The van der Waals surface area contributed by atoms with Crippen LogP contribution in [0.3, 0.4) is 0 Å². The van der Waals surface area contributed by atoms with Gasteiger partial charge >= 0.3 is 6.09 Å². The number of ether oxygens (including phenoxy) is 2. The molecule has 0 unspecified atom stereocenters. The Kier molecular flexibility index (Phi) is 9.41. The van der Waals surface area contributed by atoms with Crippen molar-refractivity contribution in [1.29, 1.82) is 0 Å². The van der Waals surface area contributed by atoms with Crippen molar-refractivity contribution in [2.24, 2.45) is 11.1 Å². The Morgan fingerprint density at radius 1 is 1.22 bits per heavy atom. The Morgan fingerprint density at radius 3 is 2.49 bits per heavy atom. The zero-order chi connectivity index (χ0) is 29.9. The fourth-order valence-corrected chi connectivity index (χ4v) is 5.78.